The molecular formula is C20H28O6. The van der Waals surface area contributed by atoms with E-state index < -0.39 is 23.3 Å². The zero-order chi connectivity index (χ0) is 18.9. The van der Waals surface area contributed by atoms with Crippen molar-refractivity contribution in [2.24, 2.45) is 5.92 Å². The van der Waals surface area contributed by atoms with Crippen LogP contribution in [-0.2, 0) is 24.1 Å². The van der Waals surface area contributed by atoms with E-state index in [1.165, 1.54) is 0 Å². The SMILES string of the molecule is C=C1C(=O)O[C@]2(C)CC[C@@H]1C[C@H](O)[C@@]1(C)CC/C=C(/CCC2=O)COO1. The lowest BCUT2D eigenvalue weighted by Crippen LogP contribution is -2.44. The summed E-state index contributed by atoms with van der Waals surface area (Å²) in [4.78, 5) is 36.2. The molecule has 3 aliphatic heterocycles. The van der Waals surface area contributed by atoms with Gasteiger partial charge in [-0.05, 0) is 63.9 Å². The number of carbonyl (C=O) groups is 2. The zero-order valence-electron chi connectivity index (χ0n) is 15.6. The highest BCUT2D eigenvalue weighted by atomic mass is 17.2. The largest absolute Gasteiger partial charge is 0.448 e. The van der Waals surface area contributed by atoms with Crippen LogP contribution >= 0.6 is 0 Å². The molecule has 2 fully saturated rings. The Morgan fingerprint density at radius 1 is 1.23 bits per heavy atom. The highest BCUT2D eigenvalue weighted by Crippen LogP contribution is 2.38. The normalized spacial score (nSPS) is 41.7. The quantitative estimate of drug-likeness (QED) is 0.308. The number of aliphatic hydroxyl groups excluding tert-OH is 1. The Morgan fingerprint density at radius 2 is 2.00 bits per heavy atom. The van der Waals surface area contributed by atoms with E-state index in [0.29, 0.717) is 37.7 Å². The minimum absolute atomic E-state index is 0.0920. The lowest BCUT2D eigenvalue weighted by Gasteiger charge is -2.36. The number of ketones is 1. The molecule has 0 saturated carbocycles. The predicted molar refractivity (Wildman–Crippen MR) is 94.0 cm³/mol. The standard InChI is InChI=1S/C20H28O6/c1-13-15-8-10-19(2,25-18(13)23)16(21)7-6-14-5-4-9-20(3,17(22)11-15)26-24-12-14/h5,15,17,22H,1,4,6-12H2,2-3H3/b14-5-/t15-,17+,19-,20-/m1/s1. The van der Waals surface area contributed by atoms with E-state index in [0.717, 1.165) is 12.0 Å². The summed E-state index contributed by atoms with van der Waals surface area (Å²) < 4.78 is 5.55. The second kappa shape index (κ2) is 7.25. The van der Waals surface area contributed by atoms with Gasteiger partial charge in [-0.3, -0.25) is 4.79 Å². The number of fused-ring (bicyclic) bond motifs is 7. The van der Waals surface area contributed by atoms with Crippen LogP contribution in [0.5, 0.6) is 0 Å². The van der Waals surface area contributed by atoms with Crippen molar-refractivity contribution in [3.8, 4) is 0 Å². The summed E-state index contributed by atoms with van der Waals surface area (Å²) in [6.07, 6.45) is 4.70. The third kappa shape index (κ3) is 3.77. The highest BCUT2D eigenvalue weighted by molar-refractivity contribution is 5.94. The molecule has 26 heavy (non-hydrogen) atoms. The lowest BCUT2D eigenvalue weighted by molar-refractivity contribution is -0.373. The Morgan fingerprint density at radius 3 is 2.77 bits per heavy atom. The van der Waals surface area contributed by atoms with Crippen molar-refractivity contribution in [3.63, 3.8) is 0 Å². The maximum Gasteiger partial charge on any atom is 0.334 e. The van der Waals surface area contributed by atoms with E-state index in [2.05, 4.69) is 12.7 Å². The number of Topliss-reactive ketones (excluding diaryl/α,β-unsaturated/α-hetero) is 1. The van der Waals surface area contributed by atoms with Crippen LogP contribution in [0.4, 0.5) is 0 Å². The van der Waals surface area contributed by atoms with Gasteiger partial charge in [0.05, 0.1) is 6.10 Å². The molecule has 4 atom stereocenters. The summed E-state index contributed by atoms with van der Waals surface area (Å²) in [5, 5.41) is 10.8. The van der Waals surface area contributed by atoms with Crippen LogP contribution in [0.2, 0.25) is 0 Å². The zero-order valence-corrected chi connectivity index (χ0v) is 15.6. The first-order valence-corrected chi connectivity index (χ1v) is 9.35. The maximum atomic E-state index is 12.8. The number of allylic oxidation sites excluding steroid dienone is 1. The van der Waals surface area contributed by atoms with Crippen LogP contribution in [0.1, 0.15) is 58.8 Å². The fraction of sp³-hybridized carbons (Fsp3) is 0.700. The lowest BCUT2D eigenvalue weighted by atomic mass is 9.80. The van der Waals surface area contributed by atoms with Gasteiger partial charge in [-0.1, -0.05) is 12.7 Å². The molecule has 0 aromatic carbocycles. The fourth-order valence-electron chi connectivity index (χ4n) is 3.93. The molecule has 0 aromatic heterocycles. The molecule has 4 rings (SSSR count). The van der Waals surface area contributed by atoms with Crippen molar-refractivity contribution in [1.29, 1.82) is 0 Å². The summed E-state index contributed by atoms with van der Waals surface area (Å²) in [6.45, 7) is 7.65. The molecule has 1 N–H and O–H groups in total. The van der Waals surface area contributed by atoms with Crippen molar-refractivity contribution < 1.29 is 29.2 Å². The Bertz CT molecular complexity index is 638. The van der Waals surface area contributed by atoms with Gasteiger partial charge in [-0.2, -0.15) is 0 Å². The second-order valence-electron chi connectivity index (χ2n) is 8.12. The van der Waals surface area contributed by atoms with Gasteiger partial charge < -0.3 is 9.84 Å². The third-order valence-electron chi connectivity index (χ3n) is 6.09. The fourth-order valence-corrected chi connectivity index (χ4v) is 3.93. The molecule has 6 heteroatoms. The number of carbonyl (C=O) groups excluding carboxylic acids is 2. The summed E-state index contributed by atoms with van der Waals surface area (Å²) in [7, 11) is 0. The number of hydrogen-bond acceptors (Lipinski definition) is 6. The molecule has 144 valence electrons. The van der Waals surface area contributed by atoms with Gasteiger partial charge in [0, 0.05) is 12.0 Å². The number of rotatable bonds is 0. The smallest absolute Gasteiger partial charge is 0.334 e. The molecular weight excluding hydrogens is 336 g/mol. The van der Waals surface area contributed by atoms with Crippen LogP contribution in [0.3, 0.4) is 0 Å². The van der Waals surface area contributed by atoms with Crippen LogP contribution in [0, 0.1) is 5.92 Å². The number of aliphatic hydroxyl groups is 1. The van der Waals surface area contributed by atoms with Crippen LogP contribution in [0.25, 0.3) is 0 Å². The summed E-state index contributed by atoms with van der Waals surface area (Å²) >= 11 is 0. The molecule has 4 aliphatic rings. The molecule has 0 radical (unpaired) electrons. The molecule has 1 aliphatic carbocycles. The predicted octanol–water partition coefficient (Wildman–Crippen LogP) is 2.80. The van der Waals surface area contributed by atoms with Gasteiger partial charge in [-0.15, -0.1) is 0 Å². The number of hydrogen-bond donors (Lipinski definition) is 1. The topological polar surface area (TPSA) is 82.1 Å². The van der Waals surface area contributed by atoms with Gasteiger partial charge >= 0.3 is 5.97 Å². The highest BCUT2D eigenvalue weighted by Gasteiger charge is 2.44. The van der Waals surface area contributed by atoms with E-state index in [1.54, 1.807) is 6.92 Å². The van der Waals surface area contributed by atoms with Crippen molar-refractivity contribution in [2.75, 3.05) is 6.61 Å². The molecule has 3 heterocycles. The molecule has 0 aromatic rings. The van der Waals surface area contributed by atoms with E-state index in [4.69, 9.17) is 14.5 Å². The average molecular weight is 364 g/mol. The molecule has 2 saturated heterocycles. The van der Waals surface area contributed by atoms with Crippen molar-refractivity contribution in [2.45, 2.75) is 76.1 Å². The van der Waals surface area contributed by atoms with Gasteiger partial charge in [0.2, 0.25) is 0 Å². The maximum absolute atomic E-state index is 12.8. The first-order valence-electron chi connectivity index (χ1n) is 9.35. The second-order valence-corrected chi connectivity index (χ2v) is 8.12. The Balaban J connectivity index is 1.96. The van der Waals surface area contributed by atoms with Crippen molar-refractivity contribution in [3.05, 3.63) is 23.8 Å². The van der Waals surface area contributed by atoms with Gasteiger partial charge in [0.15, 0.2) is 11.4 Å². The Kier molecular flexibility index (Phi) is 5.37. The monoisotopic (exact) mass is 364 g/mol. The first-order chi connectivity index (χ1) is 12.2. The Hall–Kier alpha value is -1.50. The van der Waals surface area contributed by atoms with Crippen molar-refractivity contribution >= 4 is 11.8 Å². The van der Waals surface area contributed by atoms with Gasteiger partial charge in [-0.25, -0.2) is 14.6 Å². The van der Waals surface area contributed by atoms with Crippen LogP contribution < -0.4 is 0 Å². The average Bonchev–Trinajstić information content (AvgIpc) is 2.68. The summed E-state index contributed by atoms with van der Waals surface area (Å²) in [5.74, 6) is -0.896. The minimum Gasteiger partial charge on any atom is -0.448 e. The Labute approximate surface area is 154 Å². The van der Waals surface area contributed by atoms with Crippen LogP contribution in [-0.4, -0.2) is 40.8 Å². The molecule has 0 unspecified atom stereocenters. The molecule has 0 spiro atoms. The third-order valence-corrected chi connectivity index (χ3v) is 6.09. The van der Waals surface area contributed by atoms with Gasteiger partial charge in [0.1, 0.15) is 12.2 Å². The minimum atomic E-state index is -1.14. The van der Waals surface area contributed by atoms with E-state index >= 15 is 0 Å². The molecule has 6 nitrogen and oxygen atoms in total. The van der Waals surface area contributed by atoms with Crippen LogP contribution in [0.15, 0.2) is 23.8 Å². The van der Waals surface area contributed by atoms with Gasteiger partial charge in [0.25, 0.3) is 0 Å². The van der Waals surface area contributed by atoms with E-state index in [-0.39, 0.29) is 24.7 Å². The van der Waals surface area contributed by atoms with E-state index in [9.17, 15) is 14.7 Å². The molecule has 0 amide bonds. The molecule has 4 bridgehead atoms. The summed E-state index contributed by atoms with van der Waals surface area (Å²) in [6, 6.07) is 0. The van der Waals surface area contributed by atoms with Crippen molar-refractivity contribution in [1.82, 2.24) is 0 Å². The number of esters is 1. The van der Waals surface area contributed by atoms with E-state index in [1.807, 2.05) is 6.92 Å². The summed E-state index contributed by atoms with van der Waals surface area (Å²) in [5.41, 5.74) is -0.702. The first kappa shape index (κ1) is 19.3. The number of ether oxygens (including phenoxy) is 1.